The molecule has 0 saturated carbocycles. The molecule has 0 radical (unpaired) electrons. The van der Waals surface area contributed by atoms with Gasteiger partial charge in [0.05, 0.1) is 29.7 Å². The number of nitrogen functional groups attached to an aromatic ring is 1. The molecule has 1 saturated heterocycles. The maximum Gasteiger partial charge on any atom is 0.342 e. The molecule has 0 aliphatic carbocycles. The molecule has 3 aromatic heterocycles. The van der Waals surface area contributed by atoms with Gasteiger partial charge in [0.15, 0.2) is 17.7 Å². The summed E-state index contributed by atoms with van der Waals surface area (Å²) in [6.07, 6.45) is -4.04. The van der Waals surface area contributed by atoms with Gasteiger partial charge in [0.2, 0.25) is 10.9 Å². The maximum absolute atomic E-state index is 12.9. The van der Waals surface area contributed by atoms with Crippen molar-refractivity contribution in [1.29, 1.82) is 0 Å². The molecule has 45 heavy (non-hydrogen) atoms. The normalized spacial score (nSPS) is 21.1. The molecule has 6 rings (SSSR count). The fourth-order valence-electron chi connectivity index (χ4n) is 5.20. The first-order valence-electron chi connectivity index (χ1n) is 13.4. The van der Waals surface area contributed by atoms with Crippen LogP contribution in [0.1, 0.15) is 27.8 Å². The predicted molar refractivity (Wildman–Crippen MR) is 161 cm³/mol. The van der Waals surface area contributed by atoms with Gasteiger partial charge in [0, 0.05) is 11.8 Å². The zero-order chi connectivity index (χ0) is 31.9. The average Bonchev–Trinajstić information content (AvgIpc) is 3.77. The third kappa shape index (κ3) is 5.72. The molecule has 6 N–H and O–H groups in total. The Morgan fingerprint density at radius 1 is 1.02 bits per heavy atom. The number of imidazole rings is 1. The third-order valence-electron chi connectivity index (χ3n) is 7.59. The number of carboxylic acids is 2. The highest BCUT2D eigenvalue weighted by molar-refractivity contribution is 7.07. The zero-order valence-electron chi connectivity index (χ0n) is 23.1. The molecule has 5 atom stereocenters. The number of thiazole rings is 1. The number of aliphatic hydroxyl groups is 2. The van der Waals surface area contributed by atoms with E-state index in [1.165, 1.54) is 39.9 Å². The SMILES string of the molecule is Nc1nc(Cl)nc2c1ncn2[C@@H]1O[C@H](CO[C@](Cc2ccc(-c3ccc(C(=O)O)cc3)cc2)(C(=O)O)c2cscn2)[C@@H](O)[C@H]1O. The Hall–Kier alpha value is -4.51. The second kappa shape index (κ2) is 12.1. The molecule has 2 aromatic carbocycles. The van der Waals surface area contributed by atoms with Crippen LogP contribution in [0.5, 0.6) is 0 Å². The second-order valence-corrected chi connectivity index (χ2v) is 11.4. The first kappa shape index (κ1) is 30.5. The Morgan fingerprint density at radius 2 is 1.71 bits per heavy atom. The van der Waals surface area contributed by atoms with E-state index >= 15 is 0 Å². The highest BCUT2D eigenvalue weighted by Gasteiger charge is 2.49. The summed E-state index contributed by atoms with van der Waals surface area (Å²) in [7, 11) is 0. The number of ether oxygens (including phenoxy) is 2. The molecule has 232 valence electrons. The van der Waals surface area contributed by atoms with Crippen LogP contribution in [-0.2, 0) is 26.3 Å². The molecule has 1 fully saturated rings. The van der Waals surface area contributed by atoms with Crippen LogP contribution in [0.2, 0.25) is 5.28 Å². The van der Waals surface area contributed by atoms with E-state index in [2.05, 4.69) is 19.9 Å². The molecule has 16 heteroatoms. The van der Waals surface area contributed by atoms with Crippen molar-refractivity contribution in [3.8, 4) is 11.1 Å². The van der Waals surface area contributed by atoms with Gasteiger partial charge < -0.3 is 35.6 Å². The number of aliphatic carboxylic acids is 1. The molecule has 0 spiro atoms. The Balaban J connectivity index is 1.24. The number of hydrogen-bond acceptors (Lipinski definition) is 12. The summed E-state index contributed by atoms with van der Waals surface area (Å²) in [5.74, 6) is -2.31. The number of nitrogens with two attached hydrogens (primary N) is 1. The molecule has 1 aliphatic rings. The number of benzene rings is 2. The molecule has 1 aliphatic heterocycles. The first-order valence-corrected chi connectivity index (χ1v) is 14.8. The lowest BCUT2D eigenvalue weighted by atomic mass is 9.90. The molecule has 5 aromatic rings. The Morgan fingerprint density at radius 3 is 2.33 bits per heavy atom. The number of hydrogen-bond donors (Lipinski definition) is 5. The van der Waals surface area contributed by atoms with Crippen LogP contribution in [0.25, 0.3) is 22.3 Å². The van der Waals surface area contributed by atoms with Crippen molar-refractivity contribution in [2.24, 2.45) is 0 Å². The molecule has 0 bridgehead atoms. The number of anilines is 1. The summed E-state index contributed by atoms with van der Waals surface area (Å²) in [4.78, 5) is 40.4. The van der Waals surface area contributed by atoms with Crippen LogP contribution in [0.4, 0.5) is 5.82 Å². The smallest absolute Gasteiger partial charge is 0.342 e. The first-order chi connectivity index (χ1) is 21.6. The van der Waals surface area contributed by atoms with E-state index < -0.39 is 48.7 Å². The van der Waals surface area contributed by atoms with Crippen molar-refractivity contribution in [3.63, 3.8) is 0 Å². The lowest BCUT2D eigenvalue weighted by Gasteiger charge is -2.30. The van der Waals surface area contributed by atoms with Crippen molar-refractivity contribution in [2.75, 3.05) is 12.3 Å². The molecule has 0 unspecified atom stereocenters. The summed E-state index contributed by atoms with van der Waals surface area (Å²) in [5, 5.41) is 42.8. The molecule has 14 nitrogen and oxygen atoms in total. The minimum atomic E-state index is -1.96. The Bertz CT molecular complexity index is 1850. The van der Waals surface area contributed by atoms with Crippen LogP contribution in [-0.4, -0.2) is 81.8 Å². The third-order valence-corrected chi connectivity index (χ3v) is 8.35. The number of aromatic nitrogens is 5. The monoisotopic (exact) mass is 652 g/mol. The Kier molecular flexibility index (Phi) is 8.22. The standard InChI is InChI=1S/C29H25ClN6O8S/c30-28-34-23(31)20-24(35-28)36(12-32-20)25-22(38)21(37)18(44-25)10-43-29(27(41)42,19-11-45-13-33-19)9-14-1-3-15(4-2-14)16-5-7-17(8-6-16)26(39)40/h1-8,11-13,18,21-22,25,37-38H,9-10H2,(H,39,40)(H,41,42)(H2,31,34,35)/t18-,21-,22-,25-,29+/m1/s1. The van der Waals surface area contributed by atoms with Gasteiger partial charge in [0.25, 0.3) is 0 Å². The number of aromatic carboxylic acids is 1. The van der Waals surface area contributed by atoms with E-state index in [1.807, 2.05) is 0 Å². The summed E-state index contributed by atoms with van der Waals surface area (Å²) in [6.45, 7) is -0.420. The average molecular weight is 653 g/mol. The molecule has 0 amide bonds. The molecule has 4 heterocycles. The van der Waals surface area contributed by atoms with Crippen molar-refractivity contribution in [3.05, 3.63) is 87.9 Å². The second-order valence-electron chi connectivity index (χ2n) is 10.3. The van der Waals surface area contributed by atoms with Gasteiger partial charge in [0.1, 0.15) is 23.8 Å². The van der Waals surface area contributed by atoms with Crippen LogP contribution >= 0.6 is 22.9 Å². The Labute approximate surface area is 263 Å². The highest BCUT2D eigenvalue weighted by atomic mass is 35.5. The number of fused-ring (bicyclic) bond motifs is 1. The minimum absolute atomic E-state index is 0.0234. The highest BCUT2D eigenvalue weighted by Crippen LogP contribution is 2.36. The van der Waals surface area contributed by atoms with Crippen LogP contribution < -0.4 is 5.73 Å². The number of carboxylic acid groups (broad SMARTS) is 2. The fraction of sp³-hybridized carbons (Fsp3) is 0.241. The van der Waals surface area contributed by atoms with Crippen LogP contribution in [0, 0.1) is 0 Å². The van der Waals surface area contributed by atoms with Crippen molar-refractivity contribution < 1.29 is 39.5 Å². The summed E-state index contributed by atoms with van der Waals surface area (Å²) in [6, 6.07) is 13.5. The number of rotatable bonds is 10. The molecular weight excluding hydrogens is 628 g/mol. The molecular formula is C29H25ClN6O8S. The van der Waals surface area contributed by atoms with Crippen LogP contribution in [0.3, 0.4) is 0 Å². The summed E-state index contributed by atoms with van der Waals surface area (Å²) in [5.41, 5.74) is 8.32. The van der Waals surface area contributed by atoms with Crippen molar-refractivity contribution in [2.45, 2.75) is 36.6 Å². The quantitative estimate of drug-likeness (QED) is 0.137. The van der Waals surface area contributed by atoms with E-state index in [1.54, 1.807) is 41.8 Å². The number of halogens is 1. The van der Waals surface area contributed by atoms with E-state index in [4.69, 9.17) is 31.9 Å². The van der Waals surface area contributed by atoms with Gasteiger partial charge in [-0.15, -0.1) is 11.3 Å². The van der Waals surface area contributed by atoms with Gasteiger partial charge >= 0.3 is 11.9 Å². The van der Waals surface area contributed by atoms with E-state index in [0.29, 0.717) is 5.56 Å². The van der Waals surface area contributed by atoms with Crippen LogP contribution in [0.15, 0.2) is 65.7 Å². The maximum atomic E-state index is 12.9. The lowest BCUT2D eigenvalue weighted by Crippen LogP contribution is -2.44. The van der Waals surface area contributed by atoms with Gasteiger partial charge in [-0.25, -0.2) is 19.6 Å². The topological polar surface area (TPSA) is 216 Å². The van der Waals surface area contributed by atoms with Crippen molar-refractivity contribution in [1.82, 2.24) is 24.5 Å². The van der Waals surface area contributed by atoms with Gasteiger partial charge in [-0.3, -0.25) is 4.57 Å². The predicted octanol–water partition coefficient (Wildman–Crippen LogP) is 2.74. The van der Waals surface area contributed by atoms with E-state index in [-0.39, 0.29) is 39.9 Å². The summed E-state index contributed by atoms with van der Waals surface area (Å²) >= 11 is 7.16. The zero-order valence-corrected chi connectivity index (χ0v) is 24.7. The lowest BCUT2D eigenvalue weighted by molar-refractivity contribution is -0.177. The number of nitrogens with zero attached hydrogens (tertiary/aromatic N) is 5. The largest absolute Gasteiger partial charge is 0.479 e. The van der Waals surface area contributed by atoms with E-state index in [9.17, 15) is 24.9 Å². The van der Waals surface area contributed by atoms with Gasteiger partial charge in [-0.05, 0) is 40.4 Å². The fourth-order valence-corrected chi connectivity index (χ4v) is 5.99. The van der Waals surface area contributed by atoms with E-state index in [0.717, 1.165) is 11.1 Å². The van der Waals surface area contributed by atoms with Crippen molar-refractivity contribution >= 4 is 51.9 Å². The summed E-state index contributed by atoms with van der Waals surface area (Å²) < 4.78 is 13.4. The van der Waals surface area contributed by atoms with Gasteiger partial charge in [-0.2, -0.15) is 9.97 Å². The van der Waals surface area contributed by atoms with Gasteiger partial charge in [-0.1, -0.05) is 36.4 Å². The number of carbonyl (C=O) groups is 2. The number of aliphatic hydroxyl groups excluding tert-OH is 2. The minimum Gasteiger partial charge on any atom is -0.479 e.